The van der Waals surface area contributed by atoms with Crippen molar-refractivity contribution in [2.24, 2.45) is 0 Å². The highest BCUT2D eigenvalue weighted by atomic mass is 19.4. The first-order chi connectivity index (χ1) is 10.8. The van der Waals surface area contributed by atoms with Crippen molar-refractivity contribution in [3.8, 4) is 5.75 Å². The summed E-state index contributed by atoms with van der Waals surface area (Å²) in [4.78, 5) is 23.4. The number of para-hydroxylation sites is 1. The summed E-state index contributed by atoms with van der Waals surface area (Å²) in [5.41, 5.74) is -1.34. The van der Waals surface area contributed by atoms with E-state index >= 15 is 0 Å². The number of carbonyl (C=O) groups is 2. The average molecular weight is 324 g/mol. The van der Waals surface area contributed by atoms with E-state index in [1.807, 2.05) is 5.32 Å². The molecule has 0 aromatic heterocycles. The highest BCUT2D eigenvalue weighted by Gasteiger charge is 2.34. The molecule has 0 fully saturated rings. The molecule has 0 aliphatic carbocycles. The predicted molar refractivity (Wildman–Crippen MR) is 76.8 cm³/mol. The molecule has 2 aromatic carbocycles. The van der Waals surface area contributed by atoms with Crippen LogP contribution in [0.3, 0.4) is 0 Å². The van der Waals surface area contributed by atoms with Gasteiger partial charge in [0.25, 0.3) is 0 Å². The molecule has 8 heteroatoms. The Labute approximate surface area is 128 Å². The van der Waals surface area contributed by atoms with Gasteiger partial charge in [-0.1, -0.05) is 12.1 Å². The molecule has 3 N–H and O–H groups in total. The van der Waals surface area contributed by atoms with Crippen molar-refractivity contribution in [3.05, 3.63) is 54.1 Å². The fourth-order valence-corrected chi connectivity index (χ4v) is 1.75. The van der Waals surface area contributed by atoms with Crippen molar-refractivity contribution in [1.82, 2.24) is 0 Å². The molecule has 0 heterocycles. The second-order valence-electron chi connectivity index (χ2n) is 4.50. The van der Waals surface area contributed by atoms with Gasteiger partial charge in [-0.25, -0.2) is 0 Å². The number of phenols is 1. The molecule has 120 valence electrons. The molecule has 0 spiro atoms. The van der Waals surface area contributed by atoms with Gasteiger partial charge in [0.05, 0.1) is 11.3 Å². The van der Waals surface area contributed by atoms with E-state index in [0.717, 1.165) is 12.1 Å². The van der Waals surface area contributed by atoms with Gasteiger partial charge in [0.2, 0.25) is 0 Å². The second kappa shape index (κ2) is 6.39. The van der Waals surface area contributed by atoms with Crippen LogP contribution in [-0.4, -0.2) is 16.9 Å². The molecule has 0 bridgehead atoms. The molecule has 2 amide bonds. The van der Waals surface area contributed by atoms with Crippen molar-refractivity contribution in [3.63, 3.8) is 0 Å². The second-order valence-corrected chi connectivity index (χ2v) is 4.50. The van der Waals surface area contributed by atoms with E-state index in [2.05, 4.69) is 5.32 Å². The Morgan fingerprint density at radius 3 is 2.04 bits per heavy atom. The van der Waals surface area contributed by atoms with Crippen LogP contribution < -0.4 is 10.6 Å². The molecule has 0 saturated carbocycles. The fraction of sp³-hybridized carbons (Fsp3) is 0.0667. The van der Waals surface area contributed by atoms with Crippen molar-refractivity contribution < 1.29 is 27.9 Å². The van der Waals surface area contributed by atoms with Gasteiger partial charge < -0.3 is 15.7 Å². The van der Waals surface area contributed by atoms with E-state index in [-0.39, 0.29) is 11.4 Å². The Hall–Kier alpha value is -3.03. The number of rotatable bonds is 2. The molecule has 0 aliphatic rings. The maximum absolute atomic E-state index is 12.8. The van der Waals surface area contributed by atoms with Crippen molar-refractivity contribution in [2.75, 3.05) is 10.6 Å². The molecule has 0 saturated heterocycles. The van der Waals surface area contributed by atoms with E-state index in [9.17, 15) is 22.8 Å². The maximum atomic E-state index is 12.8. The molecule has 5 nitrogen and oxygen atoms in total. The third-order valence-corrected chi connectivity index (χ3v) is 2.81. The Kier molecular flexibility index (Phi) is 4.54. The number of halogens is 3. The van der Waals surface area contributed by atoms with Crippen molar-refractivity contribution >= 4 is 23.2 Å². The zero-order valence-corrected chi connectivity index (χ0v) is 11.5. The average Bonchev–Trinajstić information content (AvgIpc) is 2.49. The minimum Gasteiger partial charge on any atom is -0.508 e. The number of anilines is 2. The van der Waals surface area contributed by atoms with Crippen LogP contribution in [0.2, 0.25) is 0 Å². The number of phenolic OH excluding ortho intramolecular Hbond substituents is 1. The Bertz CT molecular complexity index is 727. The van der Waals surface area contributed by atoms with Crippen LogP contribution in [0.15, 0.2) is 48.5 Å². The fourth-order valence-electron chi connectivity index (χ4n) is 1.75. The summed E-state index contributed by atoms with van der Waals surface area (Å²) in [6.07, 6.45) is -4.66. The monoisotopic (exact) mass is 324 g/mol. The molecular weight excluding hydrogens is 313 g/mol. The van der Waals surface area contributed by atoms with Gasteiger partial charge in [-0.15, -0.1) is 0 Å². The summed E-state index contributed by atoms with van der Waals surface area (Å²) in [5.74, 6) is -2.41. The first-order valence-electron chi connectivity index (χ1n) is 6.35. The van der Waals surface area contributed by atoms with Crippen molar-refractivity contribution in [2.45, 2.75) is 6.18 Å². The topological polar surface area (TPSA) is 78.4 Å². The van der Waals surface area contributed by atoms with Gasteiger partial charge in [-0.3, -0.25) is 9.59 Å². The summed E-state index contributed by atoms with van der Waals surface area (Å²) in [6, 6.07) is 9.58. The summed E-state index contributed by atoms with van der Waals surface area (Å²) < 4.78 is 38.4. The van der Waals surface area contributed by atoms with Gasteiger partial charge in [0, 0.05) is 5.69 Å². The van der Waals surface area contributed by atoms with Crippen LogP contribution in [-0.2, 0) is 15.8 Å². The highest BCUT2D eigenvalue weighted by Crippen LogP contribution is 2.34. The van der Waals surface area contributed by atoms with Crippen LogP contribution in [0.4, 0.5) is 24.5 Å². The third-order valence-electron chi connectivity index (χ3n) is 2.81. The summed E-state index contributed by atoms with van der Waals surface area (Å²) >= 11 is 0. The molecule has 0 aliphatic heterocycles. The molecular formula is C15H11F3N2O3. The highest BCUT2D eigenvalue weighted by molar-refractivity contribution is 6.43. The number of carbonyl (C=O) groups excluding carboxylic acids is 2. The number of hydrogen-bond donors (Lipinski definition) is 3. The Morgan fingerprint density at radius 2 is 1.43 bits per heavy atom. The van der Waals surface area contributed by atoms with Gasteiger partial charge in [0.1, 0.15) is 5.75 Å². The molecule has 2 aromatic rings. The first-order valence-corrected chi connectivity index (χ1v) is 6.35. The van der Waals surface area contributed by atoms with Gasteiger partial charge in [0.15, 0.2) is 0 Å². The molecule has 0 radical (unpaired) electrons. The van der Waals surface area contributed by atoms with E-state index in [1.165, 1.54) is 36.4 Å². The summed E-state index contributed by atoms with van der Waals surface area (Å²) in [7, 11) is 0. The van der Waals surface area contributed by atoms with Gasteiger partial charge >= 0.3 is 18.0 Å². The Balaban J connectivity index is 2.10. The molecule has 0 atom stereocenters. The molecule has 0 unspecified atom stereocenters. The third kappa shape index (κ3) is 4.22. The summed E-state index contributed by atoms with van der Waals surface area (Å²) in [5, 5.41) is 13.2. The predicted octanol–water partition coefficient (Wildman–Crippen LogP) is 2.99. The minimum absolute atomic E-state index is 0.0356. The van der Waals surface area contributed by atoms with Crippen LogP contribution >= 0.6 is 0 Å². The number of aromatic hydroxyl groups is 1. The van der Waals surface area contributed by atoms with Crippen LogP contribution in [0.5, 0.6) is 5.75 Å². The lowest BCUT2D eigenvalue weighted by molar-refractivity contribution is -0.137. The zero-order valence-electron chi connectivity index (χ0n) is 11.5. The van der Waals surface area contributed by atoms with Gasteiger partial charge in [-0.2, -0.15) is 13.2 Å². The SMILES string of the molecule is O=C(Nc1ccc(O)cc1)C(=O)Nc1ccccc1C(F)(F)F. The van der Waals surface area contributed by atoms with Crippen molar-refractivity contribution in [1.29, 1.82) is 0 Å². The standard InChI is InChI=1S/C15H11F3N2O3/c16-15(17,18)11-3-1-2-4-12(11)20-14(23)13(22)19-9-5-7-10(21)8-6-9/h1-8,21H,(H,19,22)(H,20,23). The van der Waals surface area contributed by atoms with Crippen LogP contribution in [0.1, 0.15) is 5.56 Å². The number of hydrogen-bond acceptors (Lipinski definition) is 3. The lowest BCUT2D eigenvalue weighted by Crippen LogP contribution is -2.30. The number of nitrogens with one attached hydrogen (secondary N) is 2. The molecule has 23 heavy (non-hydrogen) atoms. The van der Waals surface area contributed by atoms with E-state index < -0.39 is 29.2 Å². The van der Waals surface area contributed by atoms with Crippen LogP contribution in [0, 0.1) is 0 Å². The quantitative estimate of drug-likeness (QED) is 0.587. The smallest absolute Gasteiger partial charge is 0.418 e. The van der Waals surface area contributed by atoms with E-state index in [4.69, 9.17) is 5.11 Å². The maximum Gasteiger partial charge on any atom is 0.418 e. The Morgan fingerprint density at radius 1 is 0.870 bits per heavy atom. The zero-order chi connectivity index (χ0) is 17.0. The summed E-state index contributed by atoms with van der Waals surface area (Å²) in [6.45, 7) is 0. The lowest BCUT2D eigenvalue weighted by atomic mass is 10.1. The van der Waals surface area contributed by atoms with Gasteiger partial charge in [-0.05, 0) is 36.4 Å². The van der Waals surface area contributed by atoms with E-state index in [0.29, 0.717) is 0 Å². The first kappa shape index (κ1) is 16.3. The lowest BCUT2D eigenvalue weighted by Gasteiger charge is -2.13. The normalized spacial score (nSPS) is 10.9. The van der Waals surface area contributed by atoms with Crippen LogP contribution in [0.25, 0.3) is 0 Å². The number of alkyl halides is 3. The largest absolute Gasteiger partial charge is 0.508 e. The van der Waals surface area contributed by atoms with E-state index in [1.54, 1.807) is 0 Å². The minimum atomic E-state index is -4.66. The number of amides is 2. The number of benzene rings is 2. The molecule has 2 rings (SSSR count).